The molecule has 1 fully saturated rings. The van der Waals surface area contributed by atoms with Crippen molar-refractivity contribution < 1.29 is 4.79 Å². The van der Waals surface area contributed by atoms with Gasteiger partial charge in [-0.1, -0.05) is 11.6 Å². The SMILES string of the molecule is CC1=C[C@H]2C(=O)CC2C1. The third-order valence-electron chi connectivity index (χ3n) is 2.39. The average Bonchev–Trinajstić information content (AvgIpc) is 2.08. The second-order valence-electron chi connectivity index (χ2n) is 3.17. The molecule has 1 nitrogen and oxygen atoms in total. The zero-order valence-corrected chi connectivity index (χ0v) is 5.55. The topological polar surface area (TPSA) is 17.1 Å². The van der Waals surface area contributed by atoms with Crippen LogP contribution in [0.4, 0.5) is 0 Å². The van der Waals surface area contributed by atoms with Crippen molar-refractivity contribution in [3.05, 3.63) is 11.6 Å². The Labute approximate surface area is 54.8 Å². The van der Waals surface area contributed by atoms with Crippen LogP contribution in [0.25, 0.3) is 0 Å². The molecule has 0 amide bonds. The van der Waals surface area contributed by atoms with Gasteiger partial charge in [0.05, 0.1) is 0 Å². The van der Waals surface area contributed by atoms with Crippen LogP contribution in [0.5, 0.6) is 0 Å². The molecule has 2 rings (SSSR count). The summed E-state index contributed by atoms with van der Waals surface area (Å²) in [5, 5.41) is 0. The van der Waals surface area contributed by atoms with Crippen LogP contribution in [0.2, 0.25) is 0 Å². The number of fused-ring (bicyclic) bond motifs is 1. The number of carbonyl (C=O) groups is 1. The molecule has 0 bridgehead atoms. The fourth-order valence-electron chi connectivity index (χ4n) is 1.84. The van der Waals surface area contributed by atoms with E-state index in [1.54, 1.807) is 0 Å². The van der Waals surface area contributed by atoms with Gasteiger partial charge in [0.1, 0.15) is 5.78 Å². The highest BCUT2D eigenvalue weighted by atomic mass is 16.1. The minimum Gasteiger partial charge on any atom is -0.299 e. The minimum atomic E-state index is 0.338. The lowest BCUT2D eigenvalue weighted by Crippen LogP contribution is -2.32. The molecule has 0 heterocycles. The Morgan fingerprint density at radius 2 is 2.33 bits per heavy atom. The fourth-order valence-corrected chi connectivity index (χ4v) is 1.84. The van der Waals surface area contributed by atoms with Crippen LogP contribution in [-0.2, 0) is 4.79 Å². The maximum atomic E-state index is 10.8. The summed E-state index contributed by atoms with van der Waals surface area (Å²) < 4.78 is 0. The van der Waals surface area contributed by atoms with Crippen molar-refractivity contribution in [3.63, 3.8) is 0 Å². The monoisotopic (exact) mass is 122 g/mol. The number of carbonyl (C=O) groups excluding carboxylic acids is 1. The quantitative estimate of drug-likeness (QED) is 0.445. The summed E-state index contributed by atoms with van der Waals surface area (Å²) in [7, 11) is 0. The van der Waals surface area contributed by atoms with Crippen molar-refractivity contribution in [1.82, 2.24) is 0 Å². The molecule has 0 aliphatic heterocycles. The van der Waals surface area contributed by atoms with Crippen molar-refractivity contribution in [1.29, 1.82) is 0 Å². The predicted molar refractivity (Wildman–Crippen MR) is 35.0 cm³/mol. The standard InChI is InChI=1S/C8H10O/c1-5-2-6-4-8(9)7(6)3-5/h3,6-7H,2,4H2,1H3/t6?,7-/m1/s1. The summed E-state index contributed by atoms with van der Waals surface area (Å²) in [5.41, 5.74) is 1.41. The normalized spacial score (nSPS) is 39.7. The molecule has 0 spiro atoms. The van der Waals surface area contributed by atoms with Crippen LogP contribution in [0.3, 0.4) is 0 Å². The van der Waals surface area contributed by atoms with Crippen molar-refractivity contribution in [2.24, 2.45) is 11.8 Å². The molecule has 0 aromatic heterocycles. The van der Waals surface area contributed by atoms with Crippen LogP contribution >= 0.6 is 0 Å². The lowest BCUT2D eigenvalue weighted by Gasteiger charge is -2.27. The zero-order valence-electron chi connectivity index (χ0n) is 5.55. The molecule has 1 saturated carbocycles. The van der Waals surface area contributed by atoms with Crippen LogP contribution in [0.15, 0.2) is 11.6 Å². The molecule has 0 aromatic carbocycles. The summed E-state index contributed by atoms with van der Waals surface area (Å²) in [6.45, 7) is 2.12. The van der Waals surface area contributed by atoms with Gasteiger partial charge in [0.15, 0.2) is 0 Å². The van der Waals surface area contributed by atoms with E-state index in [-0.39, 0.29) is 0 Å². The van der Waals surface area contributed by atoms with E-state index in [4.69, 9.17) is 0 Å². The Morgan fingerprint density at radius 1 is 1.56 bits per heavy atom. The Balaban J connectivity index is 2.21. The second kappa shape index (κ2) is 1.47. The van der Waals surface area contributed by atoms with Crippen molar-refractivity contribution >= 4 is 5.78 Å². The molecule has 1 heteroatoms. The highest BCUT2D eigenvalue weighted by Gasteiger charge is 2.41. The van der Waals surface area contributed by atoms with Crippen LogP contribution in [0.1, 0.15) is 19.8 Å². The molecule has 9 heavy (non-hydrogen) atoms. The largest absolute Gasteiger partial charge is 0.299 e. The maximum absolute atomic E-state index is 10.8. The molecule has 0 radical (unpaired) electrons. The van der Waals surface area contributed by atoms with E-state index >= 15 is 0 Å². The maximum Gasteiger partial charge on any atom is 0.140 e. The molecular formula is C8H10O. The zero-order chi connectivity index (χ0) is 6.43. The molecule has 1 unspecified atom stereocenters. The lowest BCUT2D eigenvalue weighted by molar-refractivity contribution is -0.130. The number of hydrogen-bond donors (Lipinski definition) is 0. The Bertz CT molecular complexity index is 191. The van der Waals surface area contributed by atoms with E-state index in [2.05, 4.69) is 13.0 Å². The molecule has 0 saturated heterocycles. The summed E-state index contributed by atoms with van der Waals surface area (Å²) in [6.07, 6.45) is 4.16. The third-order valence-corrected chi connectivity index (χ3v) is 2.39. The van der Waals surface area contributed by atoms with Gasteiger partial charge in [-0.15, -0.1) is 0 Å². The number of ketones is 1. The van der Waals surface area contributed by atoms with Gasteiger partial charge in [-0.2, -0.15) is 0 Å². The molecular weight excluding hydrogens is 112 g/mol. The Kier molecular flexibility index (Phi) is 0.850. The first-order chi connectivity index (χ1) is 4.27. The average molecular weight is 122 g/mol. The highest BCUT2D eigenvalue weighted by Crippen LogP contribution is 2.42. The lowest BCUT2D eigenvalue weighted by atomic mass is 9.75. The summed E-state index contributed by atoms with van der Waals surface area (Å²) >= 11 is 0. The van der Waals surface area contributed by atoms with E-state index in [1.165, 1.54) is 12.0 Å². The molecule has 0 aromatic rings. The first kappa shape index (κ1) is 5.21. The highest BCUT2D eigenvalue weighted by molar-refractivity contribution is 5.90. The molecule has 0 N–H and O–H groups in total. The number of rotatable bonds is 0. The van der Waals surface area contributed by atoms with Crippen LogP contribution in [0, 0.1) is 11.8 Å². The van der Waals surface area contributed by atoms with Crippen molar-refractivity contribution in [3.8, 4) is 0 Å². The molecule has 48 valence electrons. The minimum absolute atomic E-state index is 0.338. The first-order valence-corrected chi connectivity index (χ1v) is 3.47. The number of Topliss-reactive ketones (excluding diaryl/α,β-unsaturated/α-hetero) is 1. The van der Waals surface area contributed by atoms with E-state index in [9.17, 15) is 4.79 Å². The van der Waals surface area contributed by atoms with Gasteiger partial charge in [-0.3, -0.25) is 4.79 Å². The molecule has 2 aliphatic rings. The summed E-state index contributed by atoms with van der Waals surface area (Å²) in [6, 6.07) is 0. The van der Waals surface area contributed by atoms with E-state index in [0.29, 0.717) is 17.6 Å². The van der Waals surface area contributed by atoms with E-state index in [0.717, 1.165) is 6.42 Å². The van der Waals surface area contributed by atoms with Gasteiger partial charge in [-0.05, 0) is 19.3 Å². The van der Waals surface area contributed by atoms with E-state index in [1.807, 2.05) is 0 Å². The fraction of sp³-hybridized carbons (Fsp3) is 0.625. The summed E-state index contributed by atoms with van der Waals surface area (Å²) in [4.78, 5) is 10.8. The van der Waals surface area contributed by atoms with Crippen LogP contribution < -0.4 is 0 Å². The van der Waals surface area contributed by atoms with E-state index < -0.39 is 0 Å². The number of allylic oxidation sites excluding steroid dienone is 2. The Hall–Kier alpha value is -0.590. The Morgan fingerprint density at radius 3 is 2.78 bits per heavy atom. The predicted octanol–water partition coefficient (Wildman–Crippen LogP) is 1.54. The third kappa shape index (κ3) is 0.576. The van der Waals surface area contributed by atoms with Gasteiger partial charge in [-0.25, -0.2) is 0 Å². The summed E-state index contributed by atoms with van der Waals surface area (Å²) in [5.74, 6) is 1.50. The second-order valence-corrected chi connectivity index (χ2v) is 3.17. The smallest absolute Gasteiger partial charge is 0.140 e. The van der Waals surface area contributed by atoms with Gasteiger partial charge in [0.25, 0.3) is 0 Å². The van der Waals surface area contributed by atoms with Crippen LogP contribution in [-0.4, -0.2) is 5.78 Å². The van der Waals surface area contributed by atoms with Gasteiger partial charge < -0.3 is 0 Å². The van der Waals surface area contributed by atoms with Crippen molar-refractivity contribution in [2.75, 3.05) is 0 Å². The number of hydrogen-bond acceptors (Lipinski definition) is 1. The van der Waals surface area contributed by atoms with Gasteiger partial charge in [0, 0.05) is 12.3 Å². The molecule has 2 atom stereocenters. The van der Waals surface area contributed by atoms with Gasteiger partial charge in [0.2, 0.25) is 0 Å². The molecule has 2 aliphatic carbocycles. The first-order valence-electron chi connectivity index (χ1n) is 3.47. The van der Waals surface area contributed by atoms with Crippen molar-refractivity contribution in [2.45, 2.75) is 19.8 Å². The van der Waals surface area contributed by atoms with Gasteiger partial charge >= 0.3 is 0 Å².